The number of ether oxygens (including phenoxy) is 1. The van der Waals surface area contributed by atoms with Crippen LogP contribution in [0.3, 0.4) is 0 Å². The molecule has 0 atom stereocenters. The fourth-order valence-electron chi connectivity index (χ4n) is 1.89. The molecule has 0 heterocycles. The molecule has 1 aromatic carbocycles. The number of anilines is 1. The second kappa shape index (κ2) is 3.91. The van der Waals surface area contributed by atoms with Gasteiger partial charge in [0.1, 0.15) is 5.75 Å². The molecule has 0 aliphatic heterocycles. The molecule has 0 radical (unpaired) electrons. The molecule has 1 aromatic rings. The molecule has 2 heteroatoms. The van der Waals surface area contributed by atoms with Crippen molar-refractivity contribution in [2.75, 3.05) is 12.8 Å². The van der Waals surface area contributed by atoms with Gasteiger partial charge in [0, 0.05) is 5.69 Å². The highest BCUT2D eigenvalue weighted by Gasteiger charge is 2.18. The van der Waals surface area contributed by atoms with Crippen molar-refractivity contribution in [3.8, 4) is 5.75 Å². The van der Waals surface area contributed by atoms with Gasteiger partial charge in [0.25, 0.3) is 0 Å². The van der Waals surface area contributed by atoms with Gasteiger partial charge < -0.3 is 10.5 Å². The molecule has 0 unspecified atom stereocenters. The van der Waals surface area contributed by atoms with Crippen LogP contribution in [-0.4, -0.2) is 7.11 Å². The highest BCUT2D eigenvalue weighted by atomic mass is 16.5. The smallest absolute Gasteiger partial charge is 0.119 e. The normalized spacial score (nSPS) is 16.4. The third-order valence-corrected chi connectivity index (χ3v) is 3.08. The summed E-state index contributed by atoms with van der Waals surface area (Å²) in [6, 6.07) is 5.92. The molecule has 0 spiro atoms. The summed E-state index contributed by atoms with van der Waals surface area (Å²) >= 11 is 0. The average Bonchev–Trinajstić information content (AvgIpc) is 2.14. The average molecular weight is 191 g/mol. The highest BCUT2D eigenvalue weighted by Crippen LogP contribution is 2.32. The van der Waals surface area contributed by atoms with Crippen LogP contribution in [0.1, 0.15) is 24.8 Å². The Bertz CT molecular complexity index is 318. The molecular weight excluding hydrogens is 174 g/mol. The Balaban J connectivity index is 2.13. The lowest BCUT2D eigenvalue weighted by Gasteiger charge is -2.25. The van der Waals surface area contributed by atoms with Gasteiger partial charge in [-0.25, -0.2) is 0 Å². The number of benzene rings is 1. The summed E-state index contributed by atoms with van der Waals surface area (Å²) in [4.78, 5) is 0. The molecule has 1 aliphatic carbocycles. The summed E-state index contributed by atoms with van der Waals surface area (Å²) in [5.41, 5.74) is 8.06. The number of hydrogen-bond acceptors (Lipinski definition) is 2. The Labute approximate surface area is 85.1 Å². The van der Waals surface area contributed by atoms with Crippen LogP contribution >= 0.6 is 0 Å². The molecule has 0 aromatic heterocycles. The molecule has 14 heavy (non-hydrogen) atoms. The second-order valence-corrected chi connectivity index (χ2v) is 4.07. The first-order chi connectivity index (χ1) is 6.79. The van der Waals surface area contributed by atoms with Crippen LogP contribution in [-0.2, 0) is 6.42 Å². The molecule has 0 saturated heterocycles. The molecule has 0 bridgehead atoms. The third kappa shape index (κ3) is 1.84. The van der Waals surface area contributed by atoms with Crippen LogP contribution in [0.15, 0.2) is 18.2 Å². The minimum atomic E-state index is 0.851. The Morgan fingerprint density at radius 3 is 2.79 bits per heavy atom. The zero-order valence-corrected chi connectivity index (χ0v) is 8.62. The fourth-order valence-corrected chi connectivity index (χ4v) is 1.89. The lowest BCUT2D eigenvalue weighted by Crippen LogP contribution is -2.14. The largest absolute Gasteiger partial charge is 0.497 e. The number of hydrogen-bond donors (Lipinski definition) is 1. The quantitative estimate of drug-likeness (QED) is 0.745. The van der Waals surface area contributed by atoms with E-state index < -0.39 is 0 Å². The minimum Gasteiger partial charge on any atom is -0.497 e. The Kier molecular flexibility index (Phi) is 2.62. The van der Waals surface area contributed by atoms with E-state index in [1.165, 1.54) is 24.8 Å². The van der Waals surface area contributed by atoms with Crippen LogP contribution < -0.4 is 10.5 Å². The number of rotatable bonds is 3. The van der Waals surface area contributed by atoms with Gasteiger partial charge >= 0.3 is 0 Å². The fraction of sp³-hybridized carbons (Fsp3) is 0.500. The van der Waals surface area contributed by atoms with E-state index in [1.807, 2.05) is 12.1 Å². The van der Waals surface area contributed by atoms with Crippen LogP contribution in [0.2, 0.25) is 0 Å². The van der Waals surface area contributed by atoms with Crippen LogP contribution in [0.4, 0.5) is 5.69 Å². The van der Waals surface area contributed by atoms with Crippen LogP contribution in [0.25, 0.3) is 0 Å². The summed E-state index contributed by atoms with van der Waals surface area (Å²) in [6.07, 6.45) is 5.21. The van der Waals surface area contributed by atoms with E-state index in [1.54, 1.807) is 7.11 Å². The van der Waals surface area contributed by atoms with Gasteiger partial charge in [-0.2, -0.15) is 0 Å². The van der Waals surface area contributed by atoms with Crippen molar-refractivity contribution in [2.45, 2.75) is 25.7 Å². The first-order valence-electron chi connectivity index (χ1n) is 5.22. The summed E-state index contributed by atoms with van der Waals surface area (Å²) in [7, 11) is 1.69. The molecule has 0 amide bonds. The van der Waals surface area contributed by atoms with Crippen molar-refractivity contribution in [3.05, 3.63) is 23.8 Å². The number of methoxy groups -OCH3 is 1. The van der Waals surface area contributed by atoms with Crippen molar-refractivity contribution < 1.29 is 4.74 Å². The standard InChI is InChI=1S/C12H17NO/c1-14-11-5-6-12(13)10(8-11)7-9-3-2-4-9/h5-6,8-9H,2-4,7,13H2,1H3. The Morgan fingerprint density at radius 1 is 1.43 bits per heavy atom. The summed E-state index contributed by atoms with van der Waals surface area (Å²) in [5.74, 6) is 1.76. The molecule has 1 saturated carbocycles. The maximum atomic E-state index is 5.92. The van der Waals surface area contributed by atoms with Crippen molar-refractivity contribution in [3.63, 3.8) is 0 Å². The Morgan fingerprint density at radius 2 is 2.21 bits per heavy atom. The van der Waals surface area contributed by atoms with E-state index in [0.717, 1.165) is 23.8 Å². The van der Waals surface area contributed by atoms with Gasteiger partial charge in [-0.05, 0) is 36.1 Å². The molecule has 1 aliphatic rings. The third-order valence-electron chi connectivity index (χ3n) is 3.08. The zero-order chi connectivity index (χ0) is 9.97. The van der Waals surface area contributed by atoms with E-state index in [4.69, 9.17) is 10.5 Å². The SMILES string of the molecule is COc1ccc(N)c(CC2CCC2)c1. The van der Waals surface area contributed by atoms with E-state index in [0.29, 0.717) is 0 Å². The van der Waals surface area contributed by atoms with Gasteiger partial charge in [0.2, 0.25) is 0 Å². The van der Waals surface area contributed by atoms with Crippen LogP contribution in [0.5, 0.6) is 5.75 Å². The molecule has 2 N–H and O–H groups in total. The molecule has 2 rings (SSSR count). The van der Waals surface area contributed by atoms with Crippen molar-refractivity contribution in [1.29, 1.82) is 0 Å². The first-order valence-corrected chi connectivity index (χ1v) is 5.22. The zero-order valence-electron chi connectivity index (χ0n) is 8.62. The summed E-state index contributed by atoms with van der Waals surface area (Å²) in [6.45, 7) is 0. The van der Waals surface area contributed by atoms with E-state index in [-0.39, 0.29) is 0 Å². The molecule has 76 valence electrons. The topological polar surface area (TPSA) is 35.2 Å². The number of nitrogens with two attached hydrogens (primary N) is 1. The molecular formula is C12H17NO. The lowest BCUT2D eigenvalue weighted by atomic mass is 9.80. The highest BCUT2D eigenvalue weighted by molar-refractivity contribution is 5.50. The van der Waals surface area contributed by atoms with E-state index >= 15 is 0 Å². The lowest BCUT2D eigenvalue weighted by molar-refractivity contribution is 0.314. The predicted octanol–water partition coefficient (Wildman–Crippen LogP) is 2.62. The van der Waals surface area contributed by atoms with Gasteiger partial charge in [0.15, 0.2) is 0 Å². The maximum Gasteiger partial charge on any atom is 0.119 e. The van der Waals surface area contributed by atoms with Crippen molar-refractivity contribution in [2.24, 2.45) is 5.92 Å². The first kappa shape index (κ1) is 9.38. The van der Waals surface area contributed by atoms with Gasteiger partial charge in [0.05, 0.1) is 7.11 Å². The molecule has 2 nitrogen and oxygen atoms in total. The van der Waals surface area contributed by atoms with Gasteiger partial charge in [-0.15, -0.1) is 0 Å². The Hall–Kier alpha value is -1.18. The summed E-state index contributed by atoms with van der Waals surface area (Å²) in [5, 5.41) is 0. The minimum absolute atomic E-state index is 0.851. The second-order valence-electron chi connectivity index (χ2n) is 4.07. The van der Waals surface area contributed by atoms with Gasteiger partial charge in [-0.3, -0.25) is 0 Å². The number of nitrogen functional groups attached to an aromatic ring is 1. The summed E-state index contributed by atoms with van der Waals surface area (Å²) < 4.78 is 5.19. The maximum absolute atomic E-state index is 5.92. The van der Waals surface area contributed by atoms with Crippen LogP contribution in [0, 0.1) is 5.92 Å². The van der Waals surface area contributed by atoms with E-state index in [9.17, 15) is 0 Å². The molecule has 1 fully saturated rings. The van der Waals surface area contributed by atoms with Gasteiger partial charge in [-0.1, -0.05) is 19.3 Å². The van der Waals surface area contributed by atoms with E-state index in [2.05, 4.69) is 6.07 Å². The van der Waals surface area contributed by atoms with Crippen molar-refractivity contribution in [1.82, 2.24) is 0 Å². The predicted molar refractivity (Wildman–Crippen MR) is 58.5 cm³/mol. The monoisotopic (exact) mass is 191 g/mol. The van der Waals surface area contributed by atoms with Crippen molar-refractivity contribution >= 4 is 5.69 Å².